The third-order valence-electron chi connectivity index (χ3n) is 4.99. The van der Waals surface area contributed by atoms with Crippen molar-refractivity contribution in [3.05, 3.63) is 65.3 Å². The first-order chi connectivity index (χ1) is 12.2. The number of aliphatic carboxylic acids is 1. The Morgan fingerprint density at radius 3 is 2.84 bits per heavy atom. The molecule has 4 nitrogen and oxygen atoms in total. The van der Waals surface area contributed by atoms with Crippen molar-refractivity contribution in [1.29, 1.82) is 0 Å². The molecule has 1 fully saturated rings. The van der Waals surface area contributed by atoms with E-state index >= 15 is 0 Å². The van der Waals surface area contributed by atoms with Crippen molar-refractivity contribution >= 4 is 27.4 Å². The molecule has 5 heteroatoms. The predicted molar refractivity (Wildman–Crippen MR) is 99.8 cm³/mol. The Kier molecular flexibility index (Phi) is 4.51. The number of carboxylic acids is 1. The molecule has 1 aromatic carbocycles. The van der Waals surface area contributed by atoms with Gasteiger partial charge in [-0.05, 0) is 59.5 Å². The van der Waals surface area contributed by atoms with Crippen molar-refractivity contribution in [1.82, 2.24) is 9.88 Å². The van der Waals surface area contributed by atoms with E-state index in [1.165, 1.54) is 21.2 Å². The summed E-state index contributed by atoms with van der Waals surface area (Å²) in [5, 5.41) is 13.0. The van der Waals surface area contributed by atoms with Gasteiger partial charge in [-0.25, -0.2) is 0 Å². The van der Waals surface area contributed by atoms with Crippen LogP contribution in [0.25, 0.3) is 10.1 Å². The van der Waals surface area contributed by atoms with Crippen molar-refractivity contribution in [2.24, 2.45) is 5.92 Å². The molecule has 2 unspecified atom stereocenters. The van der Waals surface area contributed by atoms with Gasteiger partial charge in [0, 0.05) is 23.6 Å². The third kappa shape index (κ3) is 3.17. The van der Waals surface area contributed by atoms with E-state index in [0.29, 0.717) is 6.54 Å². The highest BCUT2D eigenvalue weighted by Gasteiger charge is 2.32. The summed E-state index contributed by atoms with van der Waals surface area (Å²) in [4.78, 5) is 18.0. The van der Waals surface area contributed by atoms with Gasteiger partial charge in [-0.15, -0.1) is 11.3 Å². The maximum absolute atomic E-state index is 11.5. The average Bonchev–Trinajstić information content (AvgIpc) is 3.07. The van der Waals surface area contributed by atoms with Crippen molar-refractivity contribution in [3.8, 4) is 0 Å². The summed E-state index contributed by atoms with van der Waals surface area (Å²) < 4.78 is 1.27. The minimum atomic E-state index is -0.687. The Morgan fingerprint density at radius 2 is 2.04 bits per heavy atom. The Balaban J connectivity index is 1.79. The number of hydrogen-bond donors (Lipinski definition) is 1. The van der Waals surface area contributed by atoms with Gasteiger partial charge in [0.05, 0.1) is 12.0 Å². The number of carboxylic acid groups (broad SMARTS) is 1. The number of pyridine rings is 1. The first-order valence-electron chi connectivity index (χ1n) is 8.57. The Morgan fingerprint density at radius 1 is 1.24 bits per heavy atom. The van der Waals surface area contributed by atoms with Gasteiger partial charge in [0.25, 0.3) is 0 Å². The molecule has 2 aromatic heterocycles. The zero-order chi connectivity index (χ0) is 17.2. The fourth-order valence-electron chi connectivity index (χ4n) is 3.79. The van der Waals surface area contributed by atoms with Crippen molar-refractivity contribution < 1.29 is 9.90 Å². The number of piperidine rings is 1. The van der Waals surface area contributed by atoms with Crippen LogP contribution in [0.2, 0.25) is 0 Å². The largest absolute Gasteiger partial charge is 0.481 e. The first kappa shape index (κ1) is 16.2. The molecular formula is C20H20N2O2S. The van der Waals surface area contributed by atoms with E-state index in [4.69, 9.17) is 0 Å². The molecule has 1 saturated heterocycles. The van der Waals surface area contributed by atoms with Crippen LogP contribution in [-0.2, 0) is 4.79 Å². The summed E-state index contributed by atoms with van der Waals surface area (Å²) in [6.45, 7) is 1.51. The summed E-state index contributed by atoms with van der Waals surface area (Å²) >= 11 is 1.75. The number of thiophene rings is 1. The quantitative estimate of drug-likeness (QED) is 0.765. The van der Waals surface area contributed by atoms with Crippen LogP contribution in [0.1, 0.15) is 30.0 Å². The van der Waals surface area contributed by atoms with Crippen LogP contribution >= 0.6 is 11.3 Å². The Labute approximate surface area is 150 Å². The van der Waals surface area contributed by atoms with Crippen molar-refractivity contribution in [2.45, 2.75) is 18.9 Å². The van der Waals surface area contributed by atoms with Crippen LogP contribution in [0.4, 0.5) is 0 Å². The van der Waals surface area contributed by atoms with Crippen LogP contribution in [0.3, 0.4) is 0 Å². The lowest BCUT2D eigenvalue weighted by molar-refractivity contribution is -0.143. The number of aromatic nitrogens is 1. The van der Waals surface area contributed by atoms with E-state index in [1.807, 2.05) is 24.5 Å². The molecule has 0 bridgehead atoms. The Bertz CT molecular complexity index is 878. The Hall–Kier alpha value is -2.24. The summed E-state index contributed by atoms with van der Waals surface area (Å²) in [6, 6.07) is 12.6. The average molecular weight is 352 g/mol. The molecule has 3 heterocycles. The molecule has 0 amide bonds. The summed E-state index contributed by atoms with van der Waals surface area (Å²) in [6.07, 6.45) is 5.31. The molecule has 25 heavy (non-hydrogen) atoms. The molecule has 1 aliphatic heterocycles. The maximum atomic E-state index is 11.5. The van der Waals surface area contributed by atoms with Gasteiger partial charge >= 0.3 is 5.97 Å². The van der Waals surface area contributed by atoms with Crippen LogP contribution < -0.4 is 0 Å². The number of rotatable bonds is 4. The normalized spacial score (nSPS) is 19.8. The minimum Gasteiger partial charge on any atom is -0.481 e. The molecule has 0 aliphatic carbocycles. The summed E-state index contributed by atoms with van der Waals surface area (Å²) in [5.74, 6) is -0.976. The second-order valence-electron chi connectivity index (χ2n) is 6.54. The maximum Gasteiger partial charge on any atom is 0.307 e. The van der Waals surface area contributed by atoms with Crippen molar-refractivity contribution in [2.75, 3.05) is 13.1 Å². The van der Waals surface area contributed by atoms with E-state index in [0.717, 1.165) is 19.4 Å². The molecule has 0 saturated carbocycles. The molecule has 0 spiro atoms. The van der Waals surface area contributed by atoms with Gasteiger partial charge < -0.3 is 5.11 Å². The monoisotopic (exact) mass is 352 g/mol. The molecule has 1 N–H and O–H groups in total. The SMILES string of the molecule is O=C(O)C1CCCN(C(c2ccncc2)c2csc3ccccc23)C1. The highest BCUT2D eigenvalue weighted by molar-refractivity contribution is 7.17. The van der Waals surface area contributed by atoms with E-state index < -0.39 is 5.97 Å². The lowest BCUT2D eigenvalue weighted by Gasteiger charge is -2.37. The van der Waals surface area contributed by atoms with Gasteiger partial charge in [0.2, 0.25) is 0 Å². The summed E-state index contributed by atoms with van der Waals surface area (Å²) in [7, 11) is 0. The van der Waals surface area contributed by atoms with Crippen LogP contribution in [0.5, 0.6) is 0 Å². The van der Waals surface area contributed by atoms with Gasteiger partial charge in [-0.2, -0.15) is 0 Å². The fourth-order valence-corrected chi connectivity index (χ4v) is 4.77. The van der Waals surface area contributed by atoms with Gasteiger partial charge in [-0.1, -0.05) is 18.2 Å². The highest BCUT2D eigenvalue weighted by Crippen LogP contribution is 2.38. The molecular weight excluding hydrogens is 332 g/mol. The second-order valence-corrected chi connectivity index (χ2v) is 7.45. The topological polar surface area (TPSA) is 53.4 Å². The zero-order valence-electron chi connectivity index (χ0n) is 13.8. The van der Waals surface area contributed by atoms with Crippen LogP contribution in [-0.4, -0.2) is 34.0 Å². The number of carbonyl (C=O) groups is 1. The first-order valence-corrected chi connectivity index (χ1v) is 9.45. The number of nitrogens with zero attached hydrogens (tertiary/aromatic N) is 2. The smallest absolute Gasteiger partial charge is 0.307 e. The molecule has 1 aliphatic rings. The van der Waals surface area contributed by atoms with Gasteiger partial charge in [0.15, 0.2) is 0 Å². The van der Waals surface area contributed by atoms with Gasteiger partial charge in [0.1, 0.15) is 0 Å². The lowest BCUT2D eigenvalue weighted by Crippen LogP contribution is -2.41. The number of likely N-dealkylation sites (tertiary alicyclic amines) is 1. The third-order valence-corrected chi connectivity index (χ3v) is 5.98. The number of hydrogen-bond acceptors (Lipinski definition) is 4. The number of benzene rings is 1. The van der Waals surface area contributed by atoms with Crippen molar-refractivity contribution in [3.63, 3.8) is 0 Å². The highest BCUT2D eigenvalue weighted by atomic mass is 32.1. The van der Waals surface area contributed by atoms with Crippen LogP contribution in [0, 0.1) is 5.92 Å². The zero-order valence-corrected chi connectivity index (χ0v) is 14.7. The van der Waals surface area contributed by atoms with E-state index in [9.17, 15) is 9.90 Å². The second kappa shape index (κ2) is 6.94. The van der Waals surface area contributed by atoms with E-state index in [1.54, 1.807) is 11.3 Å². The summed E-state index contributed by atoms with van der Waals surface area (Å²) in [5.41, 5.74) is 2.43. The predicted octanol–water partition coefficient (Wildman–Crippen LogP) is 4.18. The lowest BCUT2D eigenvalue weighted by atomic mass is 9.91. The molecule has 3 aromatic rings. The number of fused-ring (bicyclic) bond motifs is 1. The minimum absolute atomic E-state index is 0.0706. The molecule has 4 rings (SSSR count). The van der Waals surface area contributed by atoms with E-state index in [-0.39, 0.29) is 12.0 Å². The van der Waals surface area contributed by atoms with Crippen LogP contribution in [0.15, 0.2) is 54.2 Å². The molecule has 2 atom stereocenters. The fraction of sp³-hybridized carbons (Fsp3) is 0.300. The van der Waals surface area contributed by atoms with E-state index in [2.05, 4.69) is 39.5 Å². The molecule has 128 valence electrons. The van der Waals surface area contributed by atoms with Gasteiger partial charge in [-0.3, -0.25) is 14.7 Å². The standard InChI is InChI=1S/C20H20N2O2S/c23-20(24)15-4-3-11-22(12-15)19(14-7-9-21-10-8-14)17-13-25-18-6-2-1-5-16(17)18/h1-2,5-10,13,15,19H,3-4,11-12H2,(H,23,24). The molecule has 0 radical (unpaired) electrons.